The minimum Gasteiger partial charge on any atom is -0.481 e. The summed E-state index contributed by atoms with van der Waals surface area (Å²) in [6.07, 6.45) is 2.70. The third-order valence-electron chi connectivity index (χ3n) is 4.50. The molecule has 0 unspecified atom stereocenters. The van der Waals surface area contributed by atoms with Crippen LogP contribution in [0.2, 0.25) is 5.02 Å². The fraction of sp³-hybridized carbons (Fsp3) is 0.300. The molecule has 1 aliphatic carbocycles. The maximum absolute atomic E-state index is 12.3. The molecule has 5 nitrogen and oxygen atoms in total. The van der Waals surface area contributed by atoms with Gasteiger partial charge in [-0.15, -0.1) is 0 Å². The number of carbonyl (C=O) groups excluding carboxylic acids is 1. The van der Waals surface area contributed by atoms with Gasteiger partial charge in [0.2, 0.25) is 0 Å². The largest absolute Gasteiger partial charge is 0.481 e. The topological polar surface area (TPSA) is 62.4 Å². The lowest BCUT2D eigenvalue weighted by atomic mass is 10.1. The van der Waals surface area contributed by atoms with Crippen molar-refractivity contribution in [3.63, 3.8) is 0 Å². The summed E-state index contributed by atoms with van der Waals surface area (Å²) in [4.78, 5) is 12.3. The van der Waals surface area contributed by atoms with Gasteiger partial charge in [-0.3, -0.25) is 15.6 Å². The van der Waals surface area contributed by atoms with Gasteiger partial charge < -0.3 is 10.1 Å². The van der Waals surface area contributed by atoms with Crippen molar-refractivity contribution in [2.75, 3.05) is 5.32 Å². The minimum absolute atomic E-state index is 0.262. The molecule has 0 aromatic heterocycles. The van der Waals surface area contributed by atoms with E-state index in [1.165, 1.54) is 17.5 Å². The first-order chi connectivity index (χ1) is 12.9. The van der Waals surface area contributed by atoms with Crippen molar-refractivity contribution >= 4 is 40.5 Å². The summed E-state index contributed by atoms with van der Waals surface area (Å²) in [7, 11) is 0. The first-order valence-electron chi connectivity index (χ1n) is 8.84. The molecule has 0 aliphatic heterocycles. The molecule has 0 bridgehead atoms. The second-order valence-electron chi connectivity index (χ2n) is 6.57. The molecule has 2 aromatic carbocycles. The van der Waals surface area contributed by atoms with Crippen molar-refractivity contribution in [2.45, 2.75) is 39.2 Å². The number of hydrazine groups is 1. The number of aryl methyl sites for hydroxylation is 3. The lowest BCUT2D eigenvalue weighted by Gasteiger charge is -2.17. The van der Waals surface area contributed by atoms with Gasteiger partial charge in [0.25, 0.3) is 5.91 Å². The Bertz CT molecular complexity index is 872. The predicted octanol–water partition coefficient (Wildman–Crippen LogP) is 3.92. The number of anilines is 1. The normalized spacial score (nSPS) is 13.4. The summed E-state index contributed by atoms with van der Waals surface area (Å²) >= 11 is 11.2. The predicted molar refractivity (Wildman–Crippen MR) is 112 cm³/mol. The highest BCUT2D eigenvalue weighted by Gasteiger charge is 2.17. The number of fused-ring (bicyclic) bond motifs is 1. The van der Waals surface area contributed by atoms with E-state index in [0.717, 1.165) is 24.1 Å². The van der Waals surface area contributed by atoms with Gasteiger partial charge in [-0.25, -0.2) is 0 Å². The van der Waals surface area contributed by atoms with Crippen molar-refractivity contribution in [1.29, 1.82) is 0 Å². The summed E-state index contributed by atoms with van der Waals surface area (Å²) in [6, 6.07) is 11.5. The number of thiocarbonyl (C=S) groups is 1. The number of rotatable bonds is 4. The van der Waals surface area contributed by atoms with Crippen LogP contribution in [0.4, 0.5) is 5.69 Å². The van der Waals surface area contributed by atoms with E-state index in [9.17, 15) is 4.79 Å². The highest BCUT2D eigenvalue weighted by molar-refractivity contribution is 7.80. The maximum Gasteiger partial charge on any atom is 0.279 e. The van der Waals surface area contributed by atoms with E-state index in [-0.39, 0.29) is 11.0 Å². The SMILES string of the molecule is Cc1ccc(Cl)cc1NC(=S)NNC(=O)[C@@H](C)Oc1ccc2c(c1)CCC2. The third kappa shape index (κ3) is 5.11. The molecule has 0 spiro atoms. The van der Waals surface area contributed by atoms with Crippen LogP contribution in [0.1, 0.15) is 30.0 Å². The second-order valence-corrected chi connectivity index (χ2v) is 7.42. The highest BCUT2D eigenvalue weighted by Crippen LogP contribution is 2.26. The lowest BCUT2D eigenvalue weighted by Crippen LogP contribution is -2.48. The van der Waals surface area contributed by atoms with Gasteiger partial charge >= 0.3 is 0 Å². The molecule has 0 saturated carbocycles. The van der Waals surface area contributed by atoms with Gasteiger partial charge in [-0.2, -0.15) is 0 Å². The Balaban J connectivity index is 1.49. The van der Waals surface area contributed by atoms with Gasteiger partial charge in [0.15, 0.2) is 11.2 Å². The summed E-state index contributed by atoms with van der Waals surface area (Å²) in [5.41, 5.74) is 9.68. The number of carbonyl (C=O) groups is 1. The molecule has 0 saturated heterocycles. The zero-order valence-electron chi connectivity index (χ0n) is 15.3. The summed E-state index contributed by atoms with van der Waals surface area (Å²) < 4.78 is 5.75. The summed E-state index contributed by atoms with van der Waals surface area (Å²) in [6.45, 7) is 3.63. The first-order valence-corrected chi connectivity index (χ1v) is 9.62. The Hall–Kier alpha value is -2.31. The zero-order valence-corrected chi connectivity index (χ0v) is 16.8. The Morgan fingerprint density at radius 3 is 2.74 bits per heavy atom. The van der Waals surface area contributed by atoms with Crippen LogP contribution in [0.15, 0.2) is 36.4 Å². The molecular weight excluding hydrogens is 382 g/mol. The number of halogens is 1. The van der Waals surface area contributed by atoms with Crippen LogP contribution in [-0.2, 0) is 17.6 Å². The van der Waals surface area contributed by atoms with Crippen molar-refractivity contribution < 1.29 is 9.53 Å². The Morgan fingerprint density at radius 1 is 1.15 bits per heavy atom. The molecule has 7 heteroatoms. The lowest BCUT2D eigenvalue weighted by molar-refractivity contribution is -0.127. The number of hydrogen-bond donors (Lipinski definition) is 3. The number of hydrogen-bond acceptors (Lipinski definition) is 3. The average Bonchev–Trinajstić information content (AvgIpc) is 3.10. The van der Waals surface area contributed by atoms with E-state index in [4.69, 9.17) is 28.6 Å². The van der Waals surface area contributed by atoms with Crippen LogP contribution in [0, 0.1) is 6.92 Å². The number of nitrogens with one attached hydrogen (secondary N) is 3. The molecular formula is C20H22ClN3O2S. The zero-order chi connectivity index (χ0) is 19.4. The van der Waals surface area contributed by atoms with E-state index in [1.54, 1.807) is 19.1 Å². The van der Waals surface area contributed by atoms with Gasteiger partial charge in [-0.1, -0.05) is 23.7 Å². The number of amides is 1. The van der Waals surface area contributed by atoms with Gasteiger partial charge in [0.05, 0.1) is 0 Å². The Kier molecular flexibility index (Phi) is 6.19. The second kappa shape index (κ2) is 8.59. The quantitative estimate of drug-likeness (QED) is 0.533. The monoisotopic (exact) mass is 403 g/mol. The smallest absolute Gasteiger partial charge is 0.279 e. The molecule has 2 aromatic rings. The molecule has 0 radical (unpaired) electrons. The fourth-order valence-electron chi connectivity index (χ4n) is 2.98. The van der Waals surface area contributed by atoms with E-state index in [0.29, 0.717) is 10.8 Å². The molecule has 142 valence electrons. The van der Waals surface area contributed by atoms with Crippen LogP contribution in [0.25, 0.3) is 0 Å². The van der Waals surface area contributed by atoms with E-state index in [1.807, 2.05) is 25.1 Å². The van der Waals surface area contributed by atoms with Crippen molar-refractivity contribution in [3.8, 4) is 5.75 Å². The van der Waals surface area contributed by atoms with Gasteiger partial charge in [-0.05, 0) is 86.3 Å². The molecule has 0 heterocycles. The first kappa shape index (κ1) is 19.5. The molecule has 3 N–H and O–H groups in total. The fourth-order valence-corrected chi connectivity index (χ4v) is 3.31. The van der Waals surface area contributed by atoms with Crippen molar-refractivity contribution in [3.05, 3.63) is 58.1 Å². The highest BCUT2D eigenvalue weighted by atomic mass is 35.5. The summed E-state index contributed by atoms with van der Waals surface area (Å²) in [5.74, 6) is 0.385. The van der Waals surface area contributed by atoms with Gasteiger partial charge in [0.1, 0.15) is 5.75 Å². The van der Waals surface area contributed by atoms with Gasteiger partial charge in [0, 0.05) is 10.7 Å². The minimum atomic E-state index is -0.660. The molecule has 27 heavy (non-hydrogen) atoms. The molecule has 1 amide bonds. The standard InChI is InChI=1S/C20H22ClN3O2S/c1-12-6-8-16(21)11-18(12)22-20(27)24-23-19(25)13(2)26-17-9-7-14-4-3-5-15(14)10-17/h6-11,13H,3-5H2,1-2H3,(H,23,25)(H2,22,24,27)/t13-/m1/s1. The summed E-state index contributed by atoms with van der Waals surface area (Å²) in [5, 5.41) is 3.87. The van der Waals surface area contributed by atoms with E-state index < -0.39 is 6.10 Å². The molecule has 1 atom stereocenters. The third-order valence-corrected chi connectivity index (χ3v) is 4.94. The molecule has 1 aliphatic rings. The Morgan fingerprint density at radius 2 is 1.93 bits per heavy atom. The van der Waals surface area contributed by atoms with E-state index in [2.05, 4.69) is 22.2 Å². The van der Waals surface area contributed by atoms with Crippen molar-refractivity contribution in [1.82, 2.24) is 10.9 Å². The van der Waals surface area contributed by atoms with Crippen LogP contribution in [-0.4, -0.2) is 17.1 Å². The Labute approximate surface area is 169 Å². The van der Waals surface area contributed by atoms with Crippen molar-refractivity contribution in [2.24, 2.45) is 0 Å². The number of ether oxygens (including phenoxy) is 1. The maximum atomic E-state index is 12.3. The average molecular weight is 404 g/mol. The van der Waals surface area contributed by atoms with E-state index >= 15 is 0 Å². The van der Waals surface area contributed by atoms with Crippen LogP contribution in [0.3, 0.4) is 0 Å². The molecule has 3 rings (SSSR count). The van der Waals surface area contributed by atoms with Crippen LogP contribution >= 0.6 is 23.8 Å². The number of benzene rings is 2. The van der Waals surface area contributed by atoms with Crippen LogP contribution in [0.5, 0.6) is 5.75 Å². The van der Waals surface area contributed by atoms with Crippen LogP contribution < -0.4 is 20.9 Å². The molecule has 0 fully saturated rings.